The van der Waals surface area contributed by atoms with Gasteiger partial charge in [0, 0.05) is 18.2 Å². The molecule has 1 aromatic rings. The van der Waals surface area contributed by atoms with Crippen LogP contribution >= 0.6 is 0 Å². The normalized spacial score (nSPS) is 13.9. The summed E-state index contributed by atoms with van der Waals surface area (Å²) in [5.41, 5.74) is 0.836. The van der Waals surface area contributed by atoms with Crippen LogP contribution in [-0.2, 0) is 0 Å². The zero-order chi connectivity index (χ0) is 11.9. The lowest BCUT2D eigenvalue weighted by Crippen LogP contribution is -1.98. The van der Waals surface area contributed by atoms with E-state index in [0.29, 0.717) is 6.42 Å². The predicted molar refractivity (Wildman–Crippen MR) is 65.7 cm³/mol. The van der Waals surface area contributed by atoms with Gasteiger partial charge in [-0.3, -0.25) is 4.98 Å². The quantitative estimate of drug-likeness (QED) is 0.788. The molecule has 0 aliphatic heterocycles. The molecule has 1 saturated carbocycles. The maximum atomic E-state index is 8.63. The van der Waals surface area contributed by atoms with Gasteiger partial charge < -0.3 is 9.84 Å². The summed E-state index contributed by atoms with van der Waals surface area (Å²) in [5.74, 6) is 7.48. The van der Waals surface area contributed by atoms with Gasteiger partial charge in [0.05, 0.1) is 19.4 Å². The Morgan fingerprint density at radius 3 is 3.06 bits per heavy atom. The van der Waals surface area contributed by atoms with Crippen LogP contribution in [0.1, 0.15) is 31.2 Å². The maximum Gasteiger partial charge on any atom is 0.138 e. The third kappa shape index (κ3) is 4.46. The van der Waals surface area contributed by atoms with E-state index in [1.807, 2.05) is 6.07 Å². The van der Waals surface area contributed by atoms with Crippen LogP contribution in [0, 0.1) is 17.8 Å². The van der Waals surface area contributed by atoms with Crippen LogP contribution in [0.5, 0.6) is 5.75 Å². The SMILES string of the molecule is OCCC#Cc1cncc(OCCC2CC2)c1. The smallest absolute Gasteiger partial charge is 0.138 e. The Labute approximate surface area is 102 Å². The van der Waals surface area contributed by atoms with Gasteiger partial charge in [-0.1, -0.05) is 24.7 Å². The second-order valence-electron chi connectivity index (χ2n) is 4.27. The van der Waals surface area contributed by atoms with Crippen molar-refractivity contribution in [3.63, 3.8) is 0 Å². The summed E-state index contributed by atoms with van der Waals surface area (Å²) >= 11 is 0. The van der Waals surface area contributed by atoms with Crippen LogP contribution in [-0.4, -0.2) is 23.3 Å². The molecule has 1 aliphatic rings. The molecule has 1 N–H and O–H groups in total. The summed E-state index contributed by atoms with van der Waals surface area (Å²) in [6.07, 6.45) is 7.76. The fourth-order valence-corrected chi connectivity index (χ4v) is 1.54. The summed E-state index contributed by atoms with van der Waals surface area (Å²) in [5, 5.41) is 8.63. The van der Waals surface area contributed by atoms with Crippen molar-refractivity contribution in [3.8, 4) is 17.6 Å². The van der Waals surface area contributed by atoms with E-state index in [9.17, 15) is 0 Å². The minimum Gasteiger partial charge on any atom is -0.492 e. The summed E-state index contributed by atoms with van der Waals surface area (Å²) in [6.45, 7) is 0.859. The molecule has 0 radical (unpaired) electrons. The van der Waals surface area contributed by atoms with Gasteiger partial charge in [0.25, 0.3) is 0 Å². The molecule has 0 spiro atoms. The Balaban J connectivity index is 1.84. The van der Waals surface area contributed by atoms with Crippen molar-refractivity contribution in [2.24, 2.45) is 5.92 Å². The molecule has 0 bridgehead atoms. The lowest BCUT2D eigenvalue weighted by Gasteiger charge is -2.04. The number of aliphatic hydroxyl groups is 1. The molecular weight excluding hydrogens is 214 g/mol. The topological polar surface area (TPSA) is 42.4 Å². The molecule has 1 aliphatic carbocycles. The lowest BCUT2D eigenvalue weighted by molar-refractivity contribution is 0.301. The predicted octanol–water partition coefficient (Wildman–Crippen LogP) is 1.99. The van der Waals surface area contributed by atoms with Crippen molar-refractivity contribution in [2.45, 2.75) is 25.7 Å². The van der Waals surface area contributed by atoms with Gasteiger partial charge in [0.2, 0.25) is 0 Å². The highest BCUT2D eigenvalue weighted by Crippen LogP contribution is 2.32. The third-order valence-corrected chi connectivity index (χ3v) is 2.67. The number of ether oxygens (including phenoxy) is 1. The monoisotopic (exact) mass is 231 g/mol. The van der Waals surface area contributed by atoms with Crippen molar-refractivity contribution in [3.05, 3.63) is 24.0 Å². The standard InChI is InChI=1S/C14H17NO2/c16-7-2-1-3-13-9-14(11-15-10-13)17-8-6-12-4-5-12/h9-12,16H,2,4-8H2. The Morgan fingerprint density at radius 2 is 2.29 bits per heavy atom. The van der Waals surface area contributed by atoms with E-state index in [4.69, 9.17) is 9.84 Å². The molecule has 1 fully saturated rings. The summed E-state index contributed by atoms with van der Waals surface area (Å²) in [7, 11) is 0. The van der Waals surface area contributed by atoms with Gasteiger partial charge in [0.1, 0.15) is 5.75 Å². The molecule has 2 rings (SSSR count). The lowest BCUT2D eigenvalue weighted by atomic mass is 10.2. The van der Waals surface area contributed by atoms with Crippen LogP contribution in [0.2, 0.25) is 0 Å². The molecule has 1 aromatic heterocycles. The minimum absolute atomic E-state index is 0.0952. The molecular formula is C14H17NO2. The van der Waals surface area contributed by atoms with E-state index in [0.717, 1.165) is 30.3 Å². The van der Waals surface area contributed by atoms with Crippen LogP contribution < -0.4 is 4.74 Å². The van der Waals surface area contributed by atoms with Crippen LogP contribution in [0.3, 0.4) is 0 Å². The Hall–Kier alpha value is -1.53. The minimum atomic E-state index is 0.0952. The number of hydrogen-bond acceptors (Lipinski definition) is 3. The maximum absolute atomic E-state index is 8.63. The second-order valence-corrected chi connectivity index (χ2v) is 4.27. The molecule has 0 atom stereocenters. The average Bonchev–Trinajstić information content (AvgIpc) is 3.14. The van der Waals surface area contributed by atoms with Gasteiger partial charge in [-0.05, 0) is 18.4 Å². The van der Waals surface area contributed by atoms with Crippen LogP contribution in [0.15, 0.2) is 18.5 Å². The van der Waals surface area contributed by atoms with E-state index >= 15 is 0 Å². The first kappa shape index (κ1) is 11.9. The van der Waals surface area contributed by atoms with Gasteiger partial charge in [-0.25, -0.2) is 0 Å². The highest BCUT2D eigenvalue weighted by molar-refractivity contribution is 5.36. The number of pyridine rings is 1. The molecule has 0 unspecified atom stereocenters. The van der Waals surface area contributed by atoms with E-state index in [2.05, 4.69) is 16.8 Å². The van der Waals surface area contributed by atoms with Gasteiger partial charge in [-0.2, -0.15) is 0 Å². The Morgan fingerprint density at radius 1 is 1.41 bits per heavy atom. The van der Waals surface area contributed by atoms with Crippen molar-refractivity contribution >= 4 is 0 Å². The van der Waals surface area contributed by atoms with Crippen LogP contribution in [0.25, 0.3) is 0 Å². The number of rotatable bonds is 5. The summed E-state index contributed by atoms with van der Waals surface area (Å²) in [6, 6.07) is 1.89. The molecule has 17 heavy (non-hydrogen) atoms. The zero-order valence-electron chi connectivity index (χ0n) is 9.85. The molecule has 0 amide bonds. The fourth-order valence-electron chi connectivity index (χ4n) is 1.54. The number of nitrogens with zero attached hydrogens (tertiary/aromatic N) is 1. The number of aromatic nitrogens is 1. The average molecular weight is 231 g/mol. The number of hydrogen-bond donors (Lipinski definition) is 1. The molecule has 1 heterocycles. The van der Waals surface area contributed by atoms with E-state index in [1.165, 1.54) is 12.8 Å². The second kappa shape index (κ2) is 6.27. The molecule has 3 heteroatoms. The van der Waals surface area contributed by atoms with Crippen molar-refractivity contribution < 1.29 is 9.84 Å². The first-order chi connectivity index (χ1) is 8.38. The zero-order valence-corrected chi connectivity index (χ0v) is 9.85. The third-order valence-electron chi connectivity index (χ3n) is 2.67. The molecule has 0 aromatic carbocycles. The van der Waals surface area contributed by atoms with Crippen molar-refractivity contribution in [1.29, 1.82) is 0 Å². The van der Waals surface area contributed by atoms with E-state index in [1.54, 1.807) is 12.4 Å². The van der Waals surface area contributed by atoms with Gasteiger partial charge in [-0.15, -0.1) is 0 Å². The first-order valence-corrected chi connectivity index (χ1v) is 6.06. The summed E-state index contributed by atoms with van der Waals surface area (Å²) < 4.78 is 5.62. The highest BCUT2D eigenvalue weighted by atomic mass is 16.5. The molecule has 0 saturated heterocycles. The largest absolute Gasteiger partial charge is 0.492 e. The Kier molecular flexibility index (Phi) is 4.40. The first-order valence-electron chi connectivity index (χ1n) is 6.06. The van der Waals surface area contributed by atoms with Crippen LogP contribution in [0.4, 0.5) is 0 Å². The van der Waals surface area contributed by atoms with E-state index < -0.39 is 0 Å². The molecule has 90 valence electrons. The summed E-state index contributed by atoms with van der Waals surface area (Å²) in [4.78, 5) is 4.09. The van der Waals surface area contributed by atoms with Gasteiger partial charge in [0.15, 0.2) is 0 Å². The number of aliphatic hydroxyl groups excluding tert-OH is 1. The van der Waals surface area contributed by atoms with Crippen molar-refractivity contribution in [1.82, 2.24) is 4.98 Å². The Bertz CT molecular complexity index is 416. The molecule has 3 nitrogen and oxygen atoms in total. The fraction of sp³-hybridized carbons (Fsp3) is 0.500. The highest BCUT2D eigenvalue weighted by Gasteiger charge is 2.20. The van der Waals surface area contributed by atoms with Crippen molar-refractivity contribution in [2.75, 3.05) is 13.2 Å². The van der Waals surface area contributed by atoms with Gasteiger partial charge >= 0.3 is 0 Å². The van der Waals surface area contributed by atoms with E-state index in [-0.39, 0.29) is 6.61 Å².